The van der Waals surface area contributed by atoms with Crippen LogP contribution >= 0.6 is 11.3 Å². The lowest BCUT2D eigenvalue weighted by Gasteiger charge is -2.07. The zero-order chi connectivity index (χ0) is 19.6. The SMILES string of the molecule is CCCNC(=O)c1cccc(NC(=O)c2sc3ncn(C)c(=O)c3c2C)c1. The fraction of sp³-hybridized carbons (Fsp3) is 0.263. The highest BCUT2D eigenvalue weighted by atomic mass is 32.1. The number of rotatable bonds is 5. The summed E-state index contributed by atoms with van der Waals surface area (Å²) >= 11 is 1.18. The van der Waals surface area contributed by atoms with Crippen LogP contribution in [0.3, 0.4) is 0 Å². The van der Waals surface area contributed by atoms with Crippen molar-refractivity contribution in [3.63, 3.8) is 0 Å². The number of carbonyl (C=O) groups is 2. The number of anilines is 1. The molecule has 0 aliphatic carbocycles. The van der Waals surface area contributed by atoms with Gasteiger partial charge in [0.25, 0.3) is 17.4 Å². The van der Waals surface area contributed by atoms with E-state index in [4.69, 9.17) is 0 Å². The molecule has 0 spiro atoms. The molecule has 1 aromatic carbocycles. The van der Waals surface area contributed by atoms with E-state index in [2.05, 4.69) is 15.6 Å². The molecule has 27 heavy (non-hydrogen) atoms. The molecule has 0 bridgehead atoms. The molecule has 2 aromatic heterocycles. The average molecular weight is 384 g/mol. The largest absolute Gasteiger partial charge is 0.352 e. The smallest absolute Gasteiger partial charge is 0.266 e. The van der Waals surface area contributed by atoms with Crippen molar-refractivity contribution in [1.29, 1.82) is 0 Å². The van der Waals surface area contributed by atoms with Crippen molar-refractivity contribution in [3.8, 4) is 0 Å². The summed E-state index contributed by atoms with van der Waals surface area (Å²) in [5, 5.41) is 6.07. The molecule has 3 rings (SSSR count). The molecule has 3 aromatic rings. The van der Waals surface area contributed by atoms with Crippen molar-refractivity contribution in [2.75, 3.05) is 11.9 Å². The minimum atomic E-state index is -0.330. The number of aryl methyl sites for hydroxylation is 2. The number of hydrogen-bond acceptors (Lipinski definition) is 5. The fourth-order valence-corrected chi connectivity index (χ4v) is 3.73. The molecule has 7 nitrogen and oxygen atoms in total. The van der Waals surface area contributed by atoms with Gasteiger partial charge in [0.1, 0.15) is 4.83 Å². The van der Waals surface area contributed by atoms with Crippen molar-refractivity contribution in [2.24, 2.45) is 7.05 Å². The predicted octanol–water partition coefficient (Wildman–Crippen LogP) is 2.70. The van der Waals surface area contributed by atoms with E-state index in [1.165, 1.54) is 22.2 Å². The van der Waals surface area contributed by atoms with E-state index in [1.807, 2.05) is 6.92 Å². The summed E-state index contributed by atoms with van der Waals surface area (Å²) in [7, 11) is 1.63. The molecule has 0 atom stereocenters. The summed E-state index contributed by atoms with van der Waals surface area (Å²) in [5.41, 5.74) is 1.42. The highest BCUT2D eigenvalue weighted by molar-refractivity contribution is 7.20. The summed E-state index contributed by atoms with van der Waals surface area (Å²) in [6, 6.07) is 6.75. The van der Waals surface area contributed by atoms with Gasteiger partial charge >= 0.3 is 0 Å². The standard InChI is InChI=1S/C19H20N4O3S/c1-4-8-20-16(24)12-6-5-7-13(9-12)22-17(25)15-11(2)14-18(27-15)21-10-23(3)19(14)26/h5-7,9-10H,4,8H2,1-3H3,(H,20,24)(H,22,25). The summed E-state index contributed by atoms with van der Waals surface area (Å²) in [6.45, 7) is 4.32. The number of hydrogen-bond donors (Lipinski definition) is 2. The van der Waals surface area contributed by atoms with Gasteiger partial charge in [-0.15, -0.1) is 11.3 Å². The van der Waals surface area contributed by atoms with Crippen LogP contribution in [0.15, 0.2) is 35.4 Å². The minimum absolute atomic E-state index is 0.178. The first kappa shape index (κ1) is 18.8. The Kier molecular flexibility index (Phi) is 5.36. The first-order valence-electron chi connectivity index (χ1n) is 8.56. The van der Waals surface area contributed by atoms with E-state index in [1.54, 1.807) is 38.2 Å². The van der Waals surface area contributed by atoms with Crippen molar-refractivity contribution in [1.82, 2.24) is 14.9 Å². The third-order valence-corrected chi connectivity index (χ3v) is 5.33. The van der Waals surface area contributed by atoms with Gasteiger partial charge in [0.15, 0.2) is 0 Å². The predicted molar refractivity (Wildman–Crippen MR) is 107 cm³/mol. The Hall–Kier alpha value is -3.00. The molecule has 0 radical (unpaired) electrons. The maximum Gasteiger partial charge on any atom is 0.266 e. The van der Waals surface area contributed by atoms with Crippen LogP contribution in [0.4, 0.5) is 5.69 Å². The second-order valence-corrected chi connectivity index (χ2v) is 7.19. The minimum Gasteiger partial charge on any atom is -0.352 e. The molecule has 2 amide bonds. The van der Waals surface area contributed by atoms with Gasteiger partial charge in [-0.05, 0) is 37.1 Å². The molecule has 0 saturated heterocycles. The molecule has 0 saturated carbocycles. The Balaban J connectivity index is 1.87. The van der Waals surface area contributed by atoms with E-state index in [0.29, 0.717) is 38.5 Å². The van der Waals surface area contributed by atoms with E-state index in [-0.39, 0.29) is 17.4 Å². The number of amides is 2. The van der Waals surface area contributed by atoms with Gasteiger partial charge in [0.2, 0.25) is 0 Å². The van der Waals surface area contributed by atoms with Crippen molar-refractivity contribution >= 4 is 39.1 Å². The lowest BCUT2D eigenvalue weighted by atomic mass is 10.1. The van der Waals surface area contributed by atoms with Crippen LogP contribution in [0.1, 0.15) is 38.9 Å². The molecule has 2 N–H and O–H groups in total. The van der Waals surface area contributed by atoms with Gasteiger partial charge in [0, 0.05) is 24.8 Å². The van der Waals surface area contributed by atoms with Crippen molar-refractivity contribution in [3.05, 3.63) is 57.0 Å². The summed E-state index contributed by atoms with van der Waals surface area (Å²) < 4.78 is 1.39. The van der Waals surface area contributed by atoms with Gasteiger partial charge < -0.3 is 15.2 Å². The van der Waals surface area contributed by atoms with Crippen LogP contribution in [0.25, 0.3) is 10.2 Å². The van der Waals surface area contributed by atoms with Crippen LogP contribution in [0.2, 0.25) is 0 Å². The number of thiophene rings is 1. The molecule has 0 aliphatic heterocycles. The molecule has 8 heteroatoms. The molecular weight excluding hydrogens is 364 g/mol. The molecule has 2 heterocycles. The molecule has 0 fully saturated rings. The average Bonchev–Trinajstić information content (AvgIpc) is 3.00. The Morgan fingerprint density at radius 1 is 1.26 bits per heavy atom. The van der Waals surface area contributed by atoms with Gasteiger partial charge in [-0.25, -0.2) is 4.98 Å². The monoisotopic (exact) mass is 384 g/mol. The van der Waals surface area contributed by atoms with Crippen LogP contribution in [-0.2, 0) is 7.05 Å². The molecular formula is C19H20N4O3S. The van der Waals surface area contributed by atoms with Gasteiger partial charge in [0.05, 0.1) is 16.6 Å². The highest BCUT2D eigenvalue weighted by Crippen LogP contribution is 2.27. The summed E-state index contributed by atoms with van der Waals surface area (Å²) in [4.78, 5) is 42.3. The van der Waals surface area contributed by atoms with Crippen molar-refractivity contribution in [2.45, 2.75) is 20.3 Å². The topological polar surface area (TPSA) is 93.1 Å². The number of nitrogens with zero attached hydrogens (tertiary/aromatic N) is 2. The normalized spacial score (nSPS) is 10.8. The summed E-state index contributed by atoms with van der Waals surface area (Å²) in [6.07, 6.45) is 2.29. The van der Waals surface area contributed by atoms with E-state index < -0.39 is 0 Å². The lowest BCUT2D eigenvalue weighted by Crippen LogP contribution is -2.24. The Morgan fingerprint density at radius 2 is 2.04 bits per heavy atom. The number of benzene rings is 1. The van der Waals surface area contributed by atoms with E-state index in [0.717, 1.165) is 6.42 Å². The van der Waals surface area contributed by atoms with E-state index in [9.17, 15) is 14.4 Å². The third-order valence-electron chi connectivity index (χ3n) is 4.14. The zero-order valence-corrected chi connectivity index (χ0v) is 16.1. The summed E-state index contributed by atoms with van der Waals surface area (Å²) in [5.74, 6) is -0.512. The quantitative estimate of drug-likeness (QED) is 0.707. The highest BCUT2D eigenvalue weighted by Gasteiger charge is 2.19. The first-order chi connectivity index (χ1) is 12.9. The number of fused-ring (bicyclic) bond motifs is 1. The third kappa shape index (κ3) is 3.75. The number of aromatic nitrogens is 2. The van der Waals surface area contributed by atoms with Crippen LogP contribution < -0.4 is 16.2 Å². The Morgan fingerprint density at radius 3 is 2.78 bits per heavy atom. The molecule has 140 valence electrons. The van der Waals surface area contributed by atoms with Crippen LogP contribution in [-0.4, -0.2) is 27.9 Å². The zero-order valence-electron chi connectivity index (χ0n) is 15.3. The van der Waals surface area contributed by atoms with Crippen LogP contribution in [0.5, 0.6) is 0 Å². The van der Waals surface area contributed by atoms with Crippen molar-refractivity contribution < 1.29 is 9.59 Å². The Labute approximate surface area is 160 Å². The number of carbonyl (C=O) groups excluding carboxylic acids is 2. The lowest BCUT2D eigenvalue weighted by molar-refractivity contribution is 0.0952. The Bertz CT molecular complexity index is 1080. The second-order valence-electron chi connectivity index (χ2n) is 6.19. The van der Waals surface area contributed by atoms with Crippen LogP contribution in [0, 0.1) is 6.92 Å². The molecule has 0 aliphatic rings. The fourth-order valence-electron chi connectivity index (χ4n) is 2.69. The number of nitrogens with one attached hydrogen (secondary N) is 2. The molecule has 0 unspecified atom stereocenters. The van der Waals surface area contributed by atoms with Gasteiger partial charge in [-0.2, -0.15) is 0 Å². The second kappa shape index (κ2) is 7.71. The van der Waals surface area contributed by atoms with E-state index >= 15 is 0 Å². The maximum atomic E-state index is 12.7. The van der Waals surface area contributed by atoms with Gasteiger partial charge in [-0.1, -0.05) is 13.0 Å². The maximum absolute atomic E-state index is 12.7. The van der Waals surface area contributed by atoms with Gasteiger partial charge in [-0.3, -0.25) is 14.4 Å². The first-order valence-corrected chi connectivity index (χ1v) is 9.38.